The Morgan fingerprint density at radius 1 is 1.08 bits per heavy atom. The molecule has 1 aromatic carbocycles. The molecule has 5 rings (SSSR count). The number of H-pyrrole nitrogens is 2. The van der Waals surface area contributed by atoms with Crippen LogP contribution in [0.2, 0.25) is 0 Å². The van der Waals surface area contributed by atoms with Crippen molar-refractivity contribution in [2.75, 3.05) is 38.6 Å². The van der Waals surface area contributed by atoms with Crippen molar-refractivity contribution in [3.8, 4) is 0 Å². The molecule has 13 heteroatoms. The van der Waals surface area contributed by atoms with E-state index in [4.69, 9.17) is 21.9 Å². The molecule has 204 valence electrons. The van der Waals surface area contributed by atoms with E-state index in [0.29, 0.717) is 22.4 Å². The number of nitrogens with one attached hydrogen (secondary N) is 2. The highest BCUT2D eigenvalue weighted by Gasteiger charge is 2.19. The molecule has 1 aliphatic heterocycles. The number of aromatic nitrogens is 6. The van der Waals surface area contributed by atoms with Gasteiger partial charge in [0.2, 0.25) is 0 Å². The van der Waals surface area contributed by atoms with Gasteiger partial charge in [0.05, 0.1) is 19.8 Å². The van der Waals surface area contributed by atoms with E-state index in [-0.39, 0.29) is 16.4 Å². The molecule has 0 aliphatic carbocycles. The Hall–Kier alpha value is -3.52. The summed E-state index contributed by atoms with van der Waals surface area (Å²) in [6, 6.07) is 7.56. The molecule has 0 radical (unpaired) electrons. The highest BCUT2D eigenvalue weighted by molar-refractivity contribution is 7.99. The number of thioether (sulfide) groups is 1. The second-order valence-corrected chi connectivity index (χ2v) is 10.8. The number of rotatable bonds is 7. The number of benzene rings is 1. The first-order valence-corrected chi connectivity index (χ1v) is 13.8. The van der Waals surface area contributed by atoms with Crippen LogP contribution in [-0.2, 0) is 25.4 Å². The predicted octanol–water partition coefficient (Wildman–Crippen LogP) is -0.109. The van der Waals surface area contributed by atoms with Crippen molar-refractivity contribution >= 4 is 47.8 Å². The molecule has 1 fully saturated rings. The van der Waals surface area contributed by atoms with Crippen LogP contribution in [0.5, 0.6) is 0 Å². The normalized spacial score (nSPS) is 14.2. The smallest absolute Gasteiger partial charge is 0.330 e. The molecule has 0 bridgehead atoms. The lowest BCUT2D eigenvalue weighted by atomic mass is 10.1. The molecule has 1 saturated heterocycles. The zero-order valence-electron chi connectivity index (χ0n) is 21.7. The Balaban J connectivity index is 1.48. The largest absolute Gasteiger partial charge is 0.379 e. The van der Waals surface area contributed by atoms with E-state index >= 15 is 0 Å². The Bertz CT molecular complexity index is 1840. The van der Waals surface area contributed by atoms with Crippen molar-refractivity contribution in [1.82, 2.24) is 33.6 Å². The minimum absolute atomic E-state index is 0.0128. The van der Waals surface area contributed by atoms with E-state index in [2.05, 4.69) is 26.0 Å². The van der Waals surface area contributed by atoms with Crippen molar-refractivity contribution < 1.29 is 4.74 Å². The van der Waals surface area contributed by atoms with Gasteiger partial charge in [-0.1, -0.05) is 54.8 Å². The van der Waals surface area contributed by atoms with E-state index in [0.717, 1.165) is 54.8 Å². The van der Waals surface area contributed by atoms with Gasteiger partial charge in [0.15, 0.2) is 10.8 Å². The molecule has 0 unspecified atom stereocenters. The number of aryl methyl sites for hydroxylation is 1. The number of imidazole rings is 1. The number of morpholine rings is 1. The number of nitrogens with zero attached hydrogens (tertiary/aromatic N) is 5. The fraction of sp³-hybridized carbons (Fsp3) is 0.346. The van der Waals surface area contributed by atoms with Crippen LogP contribution >= 0.6 is 24.0 Å². The van der Waals surface area contributed by atoms with Gasteiger partial charge in [-0.15, -0.1) is 0 Å². The maximum Gasteiger partial charge on any atom is 0.330 e. The molecular formula is C26H29N7O4S2. The first kappa shape index (κ1) is 27.1. The molecule has 39 heavy (non-hydrogen) atoms. The van der Waals surface area contributed by atoms with Crippen molar-refractivity contribution in [3.63, 3.8) is 0 Å². The van der Waals surface area contributed by atoms with Crippen molar-refractivity contribution in [1.29, 1.82) is 0 Å². The fourth-order valence-corrected chi connectivity index (χ4v) is 5.79. The van der Waals surface area contributed by atoms with Crippen molar-refractivity contribution in [2.24, 2.45) is 14.1 Å². The van der Waals surface area contributed by atoms with E-state index in [1.807, 2.05) is 24.3 Å². The number of aromatic amines is 2. The Kier molecular flexibility index (Phi) is 7.84. The Morgan fingerprint density at radius 2 is 1.74 bits per heavy atom. The molecule has 4 aromatic rings. The van der Waals surface area contributed by atoms with Gasteiger partial charge in [-0.3, -0.25) is 23.6 Å². The lowest BCUT2D eigenvalue weighted by Crippen LogP contribution is -2.47. The van der Waals surface area contributed by atoms with Crippen molar-refractivity contribution in [3.05, 3.63) is 81.9 Å². The topological polar surface area (TPSA) is 123 Å². The summed E-state index contributed by atoms with van der Waals surface area (Å²) in [5.41, 5.74) is 1.91. The second-order valence-electron chi connectivity index (χ2n) is 9.35. The first-order chi connectivity index (χ1) is 18.7. The van der Waals surface area contributed by atoms with Crippen LogP contribution in [0.25, 0.3) is 23.8 Å². The summed E-state index contributed by atoms with van der Waals surface area (Å²) in [4.78, 5) is 49.3. The lowest BCUT2D eigenvalue weighted by molar-refractivity contribution is 0.0410. The summed E-state index contributed by atoms with van der Waals surface area (Å²) in [5.74, 6) is 0.833. The van der Waals surface area contributed by atoms with Gasteiger partial charge in [0.1, 0.15) is 20.9 Å². The third kappa shape index (κ3) is 5.62. The van der Waals surface area contributed by atoms with Gasteiger partial charge < -0.3 is 19.3 Å². The van der Waals surface area contributed by atoms with Crippen LogP contribution in [0.15, 0.2) is 43.8 Å². The molecule has 2 N–H and O–H groups in total. The van der Waals surface area contributed by atoms with Crippen LogP contribution in [0.3, 0.4) is 0 Å². The maximum atomic E-state index is 12.7. The Morgan fingerprint density at radius 3 is 2.41 bits per heavy atom. The number of ether oxygens (including phenoxy) is 1. The summed E-state index contributed by atoms with van der Waals surface area (Å²) in [5, 5.41) is 0.798. The van der Waals surface area contributed by atoms with Crippen LogP contribution in [-0.4, -0.2) is 72.2 Å². The average molecular weight is 568 g/mol. The maximum absolute atomic E-state index is 12.7. The Labute approximate surface area is 232 Å². The first-order valence-electron chi connectivity index (χ1n) is 12.4. The van der Waals surface area contributed by atoms with Gasteiger partial charge in [0, 0.05) is 39.5 Å². The summed E-state index contributed by atoms with van der Waals surface area (Å²) in [6.07, 6.45) is 1.54. The fourth-order valence-electron chi connectivity index (χ4n) is 4.52. The predicted molar refractivity (Wildman–Crippen MR) is 154 cm³/mol. The minimum atomic E-state index is -0.493. The zero-order valence-corrected chi connectivity index (χ0v) is 23.4. The highest BCUT2D eigenvalue weighted by atomic mass is 32.2. The standard InChI is InChI=1S/C26H29N7O4S2/c1-16-27-22(34)19(23(35)28-16)14-17-4-6-18(7-5-17)15-33-20-21(30(2)26(36)31(3)24(20)38)29-25(33)39-13-10-32-8-11-37-12-9-32/h4-7,14H,1,8-13,15H2,2-3H3,(H,27,34)(H,28,35). The van der Waals surface area contributed by atoms with E-state index in [9.17, 15) is 14.4 Å². The lowest BCUT2D eigenvalue weighted by Gasteiger charge is -2.26. The molecule has 0 saturated carbocycles. The molecule has 1 aliphatic rings. The van der Waals surface area contributed by atoms with E-state index < -0.39 is 11.1 Å². The molecule has 0 amide bonds. The monoisotopic (exact) mass is 567 g/mol. The van der Waals surface area contributed by atoms with Crippen LogP contribution in [0.4, 0.5) is 0 Å². The van der Waals surface area contributed by atoms with E-state index in [1.54, 1.807) is 25.9 Å². The summed E-state index contributed by atoms with van der Waals surface area (Å²) in [7, 11) is 3.37. The zero-order chi connectivity index (χ0) is 27.7. The molecule has 0 atom stereocenters. The van der Waals surface area contributed by atoms with Crippen LogP contribution < -0.4 is 27.5 Å². The van der Waals surface area contributed by atoms with Crippen LogP contribution in [0.1, 0.15) is 11.1 Å². The molecule has 11 nitrogen and oxygen atoms in total. The summed E-state index contributed by atoms with van der Waals surface area (Å²) < 4.78 is 10.9. The highest BCUT2D eigenvalue weighted by Crippen LogP contribution is 2.25. The minimum Gasteiger partial charge on any atom is -0.379 e. The third-order valence-corrected chi connectivity index (χ3v) is 8.13. The quantitative estimate of drug-likeness (QED) is 0.234. The van der Waals surface area contributed by atoms with Crippen molar-refractivity contribution in [2.45, 2.75) is 11.7 Å². The second kappa shape index (κ2) is 11.3. The average Bonchev–Trinajstić information content (AvgIpc) is 3.28. The van der Waals surface area contributed by atoms with Gasteiger partial charge in [-0.2, -0.15) is 0 Å². The molecule has 3 aromatic heterocycles. The van der Waals surface area contributed by atoms with Crippen LogP contribution in [0, 0.1) is 4.64 Å². The molecular weight excluding hydrogens is 538 g/mol. The van der Waals surface area contributed by atoms with Gasteiger partial charge in [-0.25, -0.2) is 9.78 Å². The third-order valence-electron chi connectivity index (χ3n) is 6.70. The number of fused-ring (bicyclic) bond motifs is 1. The number of hydrogen-bond acceptors (Lipinski definition) is 8. The van der Waals surface area contributed by atoms with Gasteiger partial charge in [-0.05, 0) is 17.2 Å². The van der Waals surface area contributed by atoms with Gasteiger partial charge >= 0.3 is 5.69 Å². The number of hydrogen-bond donors (Lipinski definition) is 2. The molecule has 0 spiro atoms. The summed E-state index contributed by atoms with van der Waals surface area (Å²) in [6.45, 7) is 8.27. The molecule has 4 heterocycles. The summed E-state index contributed by atoms with van der Waals surface area (Å²) >= 11 is 7.32. The van der Waals surface area contributed by atoms with Gasteiger partial charge in [0.25, 0.3) is 11.1 Å². The van der Waals surface area contributed by atoms with E-state index in [1.165, 1.54) is 15.2 Å². The SMILES string of the molecule is C=c1[nH]c(=O)c(=Cc2ccc(Cn3c(SCCN4CCOCC4)nc4c3c(=S)n(C)c(=O)n4C)cc2)c(=O)[nH]1.